The molecule has 0 atom stereocenters. The minimum Gasteiger partial charge on any atom is -0.478 e. The molecule has 0 aliphatic carbocycles. The van der Waals surface area contributed by atoms with Gasteiger partial charge in [0.2, 0.25) is 0 Å². The number of carboxylic acid groups (broad SMARTS) is 1. The summed E-state index contributed by atoms with van der Waals surface area (Å²) in [4.78, 5) is 24.3. The third-order valence-corrected chi connectivity index (χ3v) is 4.54. The molecule has 0 saturated heterocycles. The van der Waals surface area contributed by atoms with Gasteiger partial charge in [0.05, 0.1) is 5.39 Å². The van der Waals surface area contributed by atoms with Gasteiger partial charge in [0.15, 0.2) is 11.0 Å². The van der Waals surface area contributed by atoms with E-state index >= 15 is 0 Å². The first-order chi connectivity index (χ1) is 11.8. The van der Waals surface area contributed by atoms with Crippen molar-refractivity contribution in [1.82, 2.24) is 0 Å². The van der Waals surface area contributed by atoms with E-state index in [9.17, 15) is 14.7 Å². The summed E-state index contributed by atoms with van der Waals surface area (Å²) in [6.07, 6.45) is 0. The Bertz CT molecular complexity index is 1060. The van der Waals surface area contributed by atoms with Crippen LogP contribution in [0.1, 0.15) is 27.0 Å². The van der Waals surface area contributed by atoms with E-state index in [0.29, 0.717) is 16.9 Å². The predicted octanol–water partition coefficient (Wildman–Crippen LogP) is 4.13. The fraction of sp³-hybridized carbons (Fsp3) is 0.200. The number of fused-ring (bicyclic) bond motifs is 1. The fourth-order valence-corrected chi connectivity index (χ4v) is 2.96. The van der Waals surface area contributed by atoms with E-state index in [2.05, 4.69) is 5.32 Å². The lowest BCUT2D eigenvalue weighted by molar-refractivity contribution is 0.0697. The van der Waals surface area contributed by atoms with Gasteiger partial charge in [0, 0.05) is 24.4 Å². The number of carbonyl (C=O) groups is 1. The number of aryl methyl sites for hydroxylation is 2. The lowest BCUT2D eigenvalue weighted by Gasteiger charge is -2.11. The first-order valence-electron chi connectivity index (χ1n) is 7.93. The summed E-state index contributed by atoms with van der Waals surface area (Å²) in [5.74, 6) is -0.758. The second-order valence-electron chi connectivity index (χ2n) is 6.13. The van der Waals surface area contributed by atoms with Crippen molar-refractivity contribution >= 4 is 22.6 Å². The largest absolute Gasteiger partial charge is 0.478 e. The quantitative estimate of drug-likeness (QED) is 0.751. The molecule has 0 bridgehead atoms. The van der Waals surface area contributed by atoms with Crippen molar-refractivity contribution in [2.45, 2.75) is 20.8 Å². The Hall–Kier alpha value is -3.08. The van der Waals surface area contributed by atoms with Crippen molar-refractivity contribution in [3.8, 4) is 11.3 Å². The molecule has 1 heterocycles. The highest BCUT2D eigenvalue weighted by Crippen LogP contribution is 2.30. The number of hydrogen-bond donors (Lipinski definition) is 2. The zero-order valence-electron chi connectivity index (χ0n) is 14.6. The van der Waals surface area contributed by atoms with Gasteiger partial charge in [-0.3, -0.25) is 4.79 Å². The standard InChI is InChI=1S/C20H19NO4/c1-10-5-6-13(8-15(10)21-4)17-9-16(22)14-7-11(2)12(3)18(20(23)24)19(14)25-17/h5-9,21H,1-4H3,(H,23,24). The molecule has 0 saturated carbocycles. The number of hydrogen-bond acceptors (Lipinski definition) is 4. The fourth-order valence-electron chi connectivity index (χ4n) is 2.96. The minimum atomic E-state index is -1.11. The molecule has 0 radical (unpaired) electrons. The van der Waals surface area contributed by atoms with Crippen LogP contribution in [0.25, 0.3) is 22.3 Å². The first kappa shape index (κ1) is 16.8. The van der Waals surface area contributed by atoms with E-state index in [1.165, 1.54) is 6.07 Å². The number of anilines is 1. The second kappa shape index (κ2) is 6.09. The van der Waals surface area contributed by atoms with Crippen molar-refractivity contribution < 1.29 is 14.3 Å². The van der Waals surface area contributed by atoms with Crippen molar-refractivity contribution in [3.05, 3.63) is 62.8 Å². The molecule has 5 nitrogen and oxygen atoms in total. The van der Waals surface area contributed by atoms with Gasteiger partial charge in [-0.25, -0.2) is 4.79 Å². The summed E-state index contributed by atoms with van der Waals surface area (Å²) >= 11 is 0. The normalized spacial score (nSPS) is 10.9. The van der Waals surface area contributed by atoms with E-state index < -0.39 is 5.97 Å². The molecule has 0 spiro atoms. The maximum Gasteiger partial charge on any atom is 0.339 e. The molecule has 0 amide bonds. The summed E-state index contributed by atoms with van der Waals surface area (Å²) in [5, 5.41) is 13.0. The van der Waals surface area contributed by atoms with Crippen molar-refractivity contribution in [2.24, 2.45) is 0 Å². The summed E-state index contributed by atoms with van der Waals surface area (Å²) in [5.41, 5.74) is 3.93. The molecule has 3 rings (SSSR count). The minimum absolute atomic E-state index is 0.0369. The molecular weight excluding hydrogens is 318 g/mol. The Kier molecular flexibility index (Phi) is 4.08. The van der Waals surface area contributed by atoms with Gasteiger partial charge in [0.25, 0.3) is 0 Å². The molecule has 3 aromatic rings. The van der Waals surface area contributed by atoms with Gasteiger partial charge in [0.1, 0.15) is 11.3 Å². The molecule has 5 heteroatoms. The Labute approximate surface area is 144 Å². The lowest BCUT2D eigenvalue weighted by Crippen LogP contribution is -2.08. The topological polar surface area (TPSA) is 79.5 Å². The molecule has 2 N–H and O–H groups in total. The summed E-state index contributed by atoms with van der Waals surface area (Å²) < 4.78 is 5.89. The highest BCUT2D eigenvalue weighted by molar-refractivity contribution is 6.03. The Morgan fingerprint density at radius 1 is 1.08 bits per heavy atom. The van der Waals surface area contributed by atoms with Crippen LogP contribution in [0.4, 0.5) is 5.69 Å². The van der Waals surface area contributed by atoms with Crippen LogP contribution in [0, 0.1) is 20.8 Å². The van der Waals surface area contributed by atoms with Crippen LogP contribution in [0.3, 0.4) is 0 Å². The van der Waals surface area contributed by atoms with Crippen LogP contribution in [-0.4, -0.2) is 18.1 Å². The SMILES string of the molecule is CNc1cc(-c2cc(=O)c3cc(C)c(C)c(C(=O)O)c3o2)ccc1C. The van der Waals surface area contributed by atoms with Gasteiger partial charge < -0.3 is 14.8 Å². The van der Waals surface area contributed by atoms with Gasteiger partial charge >= 0.3 is 5.97 Å². The zero-order valence-corrected chi connectivity index (χ0v) is 14.6. The molecule has 0 fully saturated rings. The smallest absolute Gasteiger partial charge is 0.339 e. The maximum absolute atomic E-state index is 12.6. The molecule has 128 valence electrons. The molecule has 0 unspecified atom stereocenters. The van der Waals surface area contributed by atoms with Crippen molar-refractivity contribution in [1.29, 1.82) is 0 Å². The highest BCUT2D eigenvalue weighted by Gasteiger charge is 2.19. The second-order valence-corrected chi connectivity index (χ2v) is 6.13. The van der Waals surface area contributed by atoms with E-state index in [1.54, 1.807) is 19.9 Å². The highest BCUT2D eigenvalue weighted by atomic mass is 16.4. The summed E-state index contributed by atoms with van der Waals surface area (Å²) in [7, 11) is 1.82. The lowest BCUT2D eigenvalue weighted by atomic mass is 9.99. The van der Waals surface area contributed by atoms with Crippen LogP contribution in [0.15, 0.2) is 39.5 Å². The third-order valence-electron chi connectivity index (χ3n) is 4.54. The Morgan fingerprint density at radius 3 is 2.44 bits per heavy atom. The molecule has 0 aliphatic rings. The van der Waals surface area contributed by atoms with Crippen molar-refractivity contribution in [2.75, 3.05) is 12.4 Å². The number of rotatable bonds is 3. The van der Waals surface area contributed by atoms with E-state index in [-0.39, 0.29) is 22.0 Å². The van der Waals surface area contributed by atoms with Crippen LogP contribution in [0.2, 0.25) is 0 Å². The number of nitrogens with one attached hydrogen (secondary N) is 1. The van der Waals surface area contributed by atoms with Gasteiger partial charge in [-0.2, -0.15) is 0 Å². The third kappa shape index (κ3) is 2.78. The number of aromatic carboxylic acids is 1. The molecule has 0 aliphatic heterocycles. The maximum atomic E-state index is 12.6. The average molecular weight is 337 g/mol. The van der Waals surface area contributed by atoms with Crippen LogP contribution < -0.4 is 10.7 Å². The Balaban J connectivity index is 2.36. The monoisotopic (exact) mass is 337 g/mol. The average Bonchev–Trinajstić information content (AvgIpc) is 2.56. The molecule has 2 aromatic carbocycles. The molecule has 25 heavy (non-hydrogen) atoms. The molecular formula is C20H19NO4. The number of benzene rings is 2. The molecule has 1 aromatic heterocycles. The van der Waals surface area contributed by atoms with Crippen LogP contribution in [0.5, 0.6) is 0 Å². The van der Waals surface area contributed by atoms with E-state index in [4.69, 9.17) is 4.42 Å². The van der Waals surface area contributed by atoms with E-state index in [0.717, 1.165) is 16.8 Å². The van der Waals surface area contributed by atoms with Crippen LogP contribution in [-0.2, 0) is 0 Å². The van der Waals surface area contributed by atoms with Crippen molar-refractivity contribution in [3.63, 3.8) is 0 Å². The number of carboxylic acids is 1. The Morgan fingerprint density at radius 2 is 1.80 bits per heavy atom. The predicted molar refractivity (Wildman–Crippen MR) is 98.6 cm³/mol. The first-order valence-corrected chi connectivity index (χ1v) is 7.93. The zero-order chi connectivity index (χ0) is 18.3. The summed E-state index contributed by atoms with van der Waals surface area (Å²) in [6.45, 7) is 5.48. The van der Waals surface area contributed by atoms with Crippen LogP contribution >= 0.6 is 0 Å². The van der Waals surface area contributed by atoms with Gasteiger partial charge in [-0.15, -0.1) is 0 Å². The van der Waals surface area contributed by atoms with E-state index in [1.807, 2.05) is 32.2 Å². The van der Waals surface area contributed by atoms with Gasteiger partial charge in [-0.05, 0) is 49.6 Å². The van der Waals surface area contributed by atoms with Gasteiger partial charge in [-0.1, -0.05) is 12.1 Å². The summed E-state index contributed by atoms with van der Waals surface area (Å²) in [6, 6.07) is 8.74.